The van der Waals surface area contributed by atoms with Crippen molar-refractivity contribution in [3.05, 3.63) is 34.4 Å². The lowest BCUT2D eigenvalue weighted by Gasteiger charge is -2.17. The molecule has 0 saturated carbocycles. The molecule has 8 heteroatoms. The third-order valence-electron chi connectivity index (χ3n) is 3.16. The molecule has 0 fully saturated rings. The van der Waals surface area contributed by atoms with Gasteiger partial charge in [-0.25, -0.2) is 4.79 Å². The predicted molar refractivity (Wildman–Crippen MR) is 82.0 cm³/mol. The van der Waals surface area contributed by atoms with E-state index in [1.807, 2.05) is 20.8 Å². The number of hydrogen-bond donors (Lipinski definition) is 1. The number of benzene rings is 1. The Morgan fingerprint density at radius 3 is 2.30 bits per heavy atom. The third-order valence-corrected chi connectivity index (χ3v) is 3.16. The van der Waals surface area contributed by atoms with Crippen LogP contribution in [0.5, 0.6) is 5.75 Å². The minimum atomic E-state index is -0.698. The van der Waals surface area contributed by atoms with Gasteiger partial charge in [0.05, 0.1) is 4.92 Å². The Morgan fingerprint density at radius 2 is 1.78 bits per heavy atom. The maximum atomic E-state index is 11.5. The van der Waals surface area contributed by atoms with Gasteiger partial charge < -0.3 is 14.8 Å². The molecule has 0 heterocycles. The van der Waals surface area contributed by atoms with Crippen molar-refractivity contribution in [2.45, 2.75) is 26.8 Å². The van der Waals surface area contributed by atoms with Crippen LogP contribution in [0.3, 0.4) is 0 Å². The fourth-order valence-electron chi connectivity index (χ4n) is 1.46. The van der Waals surface area contributed by atoms with E-state index in [2.05, 4.69) is 5.32 Å². The van der Waals surface area contributed by atoms with Gasteiger partial charge in [-0.15, -0.1) is 0 Å². The molecule has 0 bridgehead atoms. The molecule has 126 valence electrons. The average molecular weight is 324 g/mol. The highest BCUT2D eigenvalue weighted by Gasteiger charge is 2.13. The molecule has 0 spiro atoms. The number of carbonyl (C=O) groups is 2. The minimum absolute atomic E-state index is 0.0161. The van der Waals surface area contributed by atoms with E-state index in [0.717, 1.165) is 0 Å². The van der Waals surface area contributed by atoms with Crippen LogP contribution in [0, 0.1) is 16.0 Å². The Bertz CT molecular complexity index is 556. The first-order valence-electron chi connectivity index (χ1n) is 7.12. The molecular weight excluding hydrogens is 304 g/mol. The SMILES string of the molecule is CC(C)[C@H](C)NC(=O)COC(=O)COc1ccc([N+](=O)[O-])cc1. The number of carbonyl (C=O) groups excluding carboxylic acids is 2. The normalized spacial score (nSPS) is 11.7. The molecule has 1 aromatic carbocycles. The summed E-state index contributed by atoms with van der Waals surface area (Å²) in [5.74, 6) is -0.504. The number of amides is 1. The summed E-state index contributed by atoms with van der Waals surface area (Å²) in [6.07, 6.45) is 0. The average Bonchev–Trinajstić information content (AvgIpc) is 2.51. The van der Waals surface area contributed by atoms with Gasteiger partial charge in [0.25, 0.3) is 11.6 Å². The Balaban J connectivity index is 2.31. The summed E-state index contributed by atoms with van der Waals surface area (Å²) in [7, 11) is 0. The molecule has 0 saturated heterocycles. The molecule has 0 radical (unpaired) electrons. The summed E-state index contributed by atoms with van der Waals surface area (Å²) < 4.78 is 9.91. The highest BCUT2D eigenvalue weighted by atomic mass is 16.6. The molecule has 0 unspecified atom stereocenters. The summed E-state index contributed by atoms with van der Waals surface area (Å²) in [4.78, 5) is 33.0. The highest BCUT2D eigenvalue weighted by Crippen LogP contribution is 2.17. The van der Waals surface area contributed by atoms with Crippen LogP contribution in [-0.2, 0) is 14.3 Å². The number of nitrogens with one attached hydrogen (secondary N) is 1. The molecular formula is C15H20N2O6. The quantitative estimate of drug-likeness (QED) is 0.443. The van der Waals surface area contributed by atoms with Crippen LogP contribution in [0.2, 0.25) is 0 Å². The van der Waals surface area contributed by atoms with Crippen LogP contribution >= 0.6 is 0 Å². The molecule has 8 nitrogen and oxygen atoms in total. The lowest BCUT2D eigenvalue weighted by molar-refractivity contribution is -0.384. The van der Waals surface area contributed by atoms with Crippen molar-refractivity contribution in [1.82, 2.24) is 5.32 Å². The number of esters is 1. The van der Waals surface area contributed by atoms with Crippen molar-refractivity contribution in [3.63, 3.8) is 0 Å². The molecule has 23 heavy (non-hydrogen) atoms. The second-order valence-corrected chi connectivity index (χ2v) is 5.30. The van der Waals surface area contributed by atoms with E-state index in [4.69, 9.17) is 9.47 Å². The maximum absolute atomic E-state index is 11.5. The van der Waals surface area contributed by atoms with Gasteiger partial charge in [-0.05, 0) is 25.0 Å². The van der Waals surface area contributed by atoms with Crippen LogP contribution < -0.4 is 10.1 Å². The number of rotatable bonds is 8. The molecule has 1 aromatic rings. The van der Waals surface area contributed by atoms with E-state index >= 15 is 0 Å². The lowest BCUT2D eigenvalue weighted by Crippen LogP contribution is -2.39. The van der Waals surface area contributed by atoms with Crippen molar-refractivity contribution >= 4 is 17.6 Å². The van der Waals surface area contributed by atoms with Gasteiger partial charge >= 0.3 is 5.97 Å². The molecule has 1 atom stereocenters. The number of hydrogen-bond acceptors (Lipinski definition) is 6. The number of nitro benzene ring substituents is 1. The second-order valence-electron chi connectivity index (χ2n) is 5.30. The monoisotopic (exact) mass is 324 g/mol. The van der Waals surface area contributed by atoms with Crippen LogP contribution in [0.1, 0.15) is 20.8 Å². The van der Waals surface area contributed by atoms with Gasteiger partial charge in [0.15, 0.2) is 13.2 Å². The van der Waals surface area contributed by atoms with Crippen molar-refractivity contribution in [2.75, 3.05) is 13.2 Å². The standard InChI is InChI=1S/C15H20N2O6/c1-10(2)11(3)16-14(18)8-23-15(19)9-22-13-6-4-12(5-7-13)17(20)21/h4-7,10-11H,8-9H2,1-3H3,(H,16,18)/t11-/m0/s1. The van der Waals surface area contributed by atoms with E-state index in [1.165, 1.54) is 24.3 Å². The zero-order chi connectivity index (χ0) is 17.4. The fourth-order valence-corrected chi connectivity index (χ4v) is 1.46. The van der Waals surface area contributed by atoms with Crippen molar-refractivity contribution in [3.8, 4) is 5.75 Å². The van der Waals surface area contributed by atoms with E-state index < -0.39 is 10.9 Å². The Kier molecular flexibility index (Phi) is 6.98. The molecule has 0 aliphatic heterocycles. The lowest BCUT2D eigenvalue weighted by atomic mass is 10.1. The number of nitrogens with zero attached hydrogens (tertiary/aromatic N) is 1. The van der Waals surface area contributed by atoms with Crippen LogP contribution in [0.4, 0.5) is 5.69 Å². The first kappa shape index (κ1) is 18.4. The van der Waals surface area contributed by atoms with Crippen LogP contribution in [0.25, 0.3) is 0 Å². The summed E-state index contributed by atoms with van der Waals surface area (Å²) in [6, 6.07) is 5.27. The molecule has 1 amide bonds. The topological polar surface area (TPSA) is 108 Å². The van der Waals surface area contributed by atoms with Crippen molar-refractivity contribution in [1.29, 1.82) is 0 Å². The van der Waals surface area contributed by atoms with Gasteiger partial charge in [0.2, 0.25) is 0 Å². The van der Waals surface area contributed by atoms with Crippen molar-refractivity contribution in [2.24, 2.45) is 5.92 Å². The molecule has 0 aromatic heterocycles. The molecule has 1 rings (SSSR count). The Hall–Kier alpha value is -2.64. The van der Waals surface area contributed by atoms with E-state index in [9.17, 15) is 19.7 Å². The highest BCUT2D eigenvalue weighted by molar-refractivity contribution is 5.81. The summed E-state index contributed by atoms with van der Waals surface area (Å²) in [6.45, 7) is 5.04. The van der Waals surface area contributed by atoms with E-state index in [0.29, 0.717) is 5.75 Å². The van der Waals surface area contributed by atoms with Crippen molar-refractivity contribution < 1.29 is 24.0 Å². The minimum Gasteiger partial charge on any atom is -0.482 e. The largest absolute Gasteiger partial charge is 0.482 e. The van der Waals surface area contributed by atoms with Gasteiger partial charge in [-0.2, -0.15) is 0 Å². The van der Waals surface area contributed by atoms with E-state index in [1.54, 1.807) is 0 Å². The van der Waals surface area contributed by atoms with Crippen LogP contribution in [-0.4, -0.2) is 36.1 Å². The predicted octanol–water partition coefficient (Wildman–Crippen LogP) is 1.68. The zero-order valence-corrected chi connectivity index (χ0v) is 13.3. The van der Waals surface area contributed by atoms with Crippen LogP contribution in [0.15, 0.2) is 24.3 Å². The third kappa shape index (κ3) is 6.77. The van der Waals surface area contributed by atoms with Gasteiger partial charge in [0, 0.05) is 18.2 Å². The van der Waals surface area contributed by atoms with Gasteiger partial charge in [0.1, 0.15) is 5.75 Å². The first-order valence-corrected chi connectivity index (χ1v) is 7.12. The first-order chi connectivity index (χ1) is 10.8. The van der Waals surface area contributed by atoms with E-state index in [-0.39, 0.29) is 36.8 Å². The maximum Gasteiger partial charge on any atom is 0.344 e. The number of ether oxygens (including phenoxy) is 2. The second kappa shape index (κ2) is 8.72. The zero-order valence-electron chi connectivity index (χ0n) is 13.3. The van der Waals surface area contributed by atoms with Gasteiger partial charge in [-0.1, -0.05) is 13.8 Å². The summed E-state index contributed by atoms with van der Waals surface area (Å²) in [5.41, 5.74) is -0.0733. The Labute approximate surface area is 133 Å². The Morgan fingerprint density at radius 1 is 1.17 bits per heavy atom. The smallest absolute Gasteiger partial charge is 0.344 e. The molecule has 0 aliphatic carbocycles. The summed E-state index contributed by atoms with van der Waals surface area (Å²) >= 11 is 0. The fraction of sp³-hybridized carbons (Fsp3) is 0.467. The number of nitro groups is 1. The molecule has 0 aliphatic rings. The summed E-state index contributed by atoms with van der Waals surface area (Å²) in [5, 5.41) is 13.2. The number of non-ortho nitro benzene ring substituents is 1. The van der Waals surface area contributed by atoms with Gasteiger partial charge in [-0.3, -0.25) is 14.9 Å². The molecule has 1 N–H and O–H groups in total.